The smallest absolute Gasteiger partial charge is 0.343 e. The minimum atomic E-state index is -4.51. The SMILES string of the molecule is CC[C@H](C)[C@@H]1NC(=O)[C@H](CC(C)C)N(C)C(=O)C[C@@H](C(=O)N2CCCCC2)N(C)C(=O)[C@H](C2CCCCC2)N(C)C(=O)C2(CCCC2)NC(=O)[C@@H]2CSCN2C(=O)[C@H](CCC2CCC(C(F)(F)F)C(Cl)C2)NC(=O)CN(C)C(=O)[C@H](CC2CCCCC2)N(C)C(=O)CN(C)C(=O)CN(C)C1=O. The Morgan fingerprint density at radius 3 is 1.81 bits per heavy atom. The van der Waals surface area contributed by atoms with Crippen molar-refractivity contribution in [1.82, 2.24) is 60.0 Å². The Morgan fingerprint density at radius 2 is 1.21 bits per heavy atom. The number of piperidine rings is 1. The number of fused-ring (bicyclic) bond motifs is 1. The van der Waals surface area contributed by atoms with Gasteiger partial charge in [0, 0.05) is 73.6 Å². The molecule has 24 nitrogen and oxygen atoms in total. The fraction of sp³-hybridized carbons (Fsp3) is 0.833. The van der Waals surface area contributed by atoms with Crippen molar-refractivity contribution in [2.75, 3.05) is 93.7 Å². The van der Waals surface area contributed by atoms with Crippen LogP contribution in [0.5, 0.6) is 0 Å². The maximum absolute atomic E-state index is 15.8. The van der Waals surface area contributed by atoms with Crippen LogP contribution in [0.25, 0.3) is 0 Å². The first-order valence-electron chi connectivity index (χ1n) is 37.3. The molecular weight excluding hydrogens is 1350 g/mol. The summed E-state index contributed by atoms with van der Waals surface area (Å²) < 4.78 is 42.1. The Balaban J connectivity index is 1.28. The number of carbonyl (C=O) groups excluding carboxylic acids is 12. The lowest BCUT2D eigenvalue weighted by Gasteiger charge is -2.43. The van der Waals surface area contributed by atoms with Crippen LogP contribution in [0.3, 0.4) is 0 Å². The number of rotatable bonds is 11. The van der Waals surface area contributed by atoms with E-state index in [0.717, 1.165) is 72.5 Å². The van der Waals surface area contributed by atoms with Crippen molar-refractivity contribution in [2.45, 2.75) is 254 Å². The molecule has 11 atom stereocenters. The summed E-state index contributed by atoms with van der Waals surface area (Å²) in [4.78, 5) is 191. The number of likely N-dealkylation sites (tertiary alicyclic amines) is 1. The normalized spacial score (nSPS) is 29.9. The quantitative estimate of drug-likeness (QED) is 0.189. The largest absolute Gasteiger partial charge is 0.393 e. The Bertz CT molecular complexity index is 2930. The summed E-state index contributed by atoms with van der Waals surface area (Å²) in [5, 5.41) is 7.62. The minimum Gasteiger partial charge on any atom is -0.343 e. The second kappa shape index (κ2) is 37.2. The number of amides is 12. The zero-order valence-corrected chi connectivity index (χ0v) is 63.3. The van der Waals surface area contributed by atoms with Gasteiger partial charge in [-0.15, -0.1) is 23.4 Å². The Kier molecular flexibility index (Phi) is 30.3. The summed E-state index contributed by atoms with van der Waals surface area (Å²) in [6.45, 7) is 6.50. The second-order valence-corrected chi connectivity index (χ2v) is 32.4. The van der Waals surface area contributed by atoms with Gasteiger partial charge in [0.15, 0.2) is 0 Å². The third-order valence-corrected chi connectivity index (χ3v) is 24.6. The van der Waals surface area contributed by atoms with Crippen LogP contribution in [0.1, 0.15) is 195 Å². The van der Waals surface area contributed by atoms with E-state index < -0.39 is 174 Å². The highest BCUT2D eigenvalue weighted by atomic mass is 35.5. The van der Waals surface area contributed by atoms with Crippen LogP contribution in [0, 0.1) is 35.5 Å². The van der Waals surface area contributed by atoms with E-state index in [9.17, 15) is 41.9 Å². The first kappa shape index (κ1) is 82.4. The molecule has 7 rings (SSSR count). The van der Waals surface area contributed by atoms with Crippen molar-refractivity contribution in [3.05, 3.63) is 0 Å². The van der Waals surface area contributed by atoms with Gasteiger partial charge in [-0.05, 0) is 119 Å². The van der Waals surface area contributed by atoms with Gasteiger partial charge < -0.3 is 60.0 Å². The molecule has 570 valence electrons. The van der Waals surface area contributed by atoms with Crippen molar-refractivity contribution >= 4 is 94.2 Å². The average Bonchev–Trinajstić information content (AvgIpc) is 1.74. The molecule has 0 aromatic heterocycles. The molecule has 12 amide bonds. The molecule has 4 aliphatic carbocycles. The Morgan fingerprint density at radius 1 is 0.614 bits per heavy atom. The summed E-state index contributed by atoms with van der Waals surface area (Å²) in [5.74, 6) is -10.5. The molecule has 3 heterocycles. The van der Waals surface area contributed by atoms with E-state index in [-0.39, 0.29) is 87.2 Å². The molecule has 1 spiro atoms. The van der Waals surface area contributed by atoms with Crippen molar-refractivity contribution in [2.24, 2.45) is 35.5 Å². The van der Waals surface area contributed by atoms with Gasteiger partial charge in [-0.1, -0.05) is 98.3 Å². The number of halogens is 4. The highest BCUT2D eigenvalue weighted by molar-refractivity contribution is 7.99. The van der Waals surface area contributed by atoms with Crippen LogP contribution < -0.4 is 16.0 Å². The summed E-state index contributed by atoms with van der Waals surface area (Å²) in [7, 11) is 10.1. The molecular formula is C72H116ClF3N12O12S. The van der Waals surface area contributed by atoms with Gasteiger partial charge in [0.05, 0.1) is 37.8 Å². The molecule has 0 radical (unpaired) electrons. The topological polar surface area (TPSA) is 270 Å². The zero-order valence-electron chi connectivity index (χ0n) is 61.8. The van der Waals surface area contributed by atoms with Crippen molar-refractivity contribution < 1.29 is 70.7 Å². The van der Waals surface area contributed by atoms with Gasteiger partial charge in [-0.2, -0.15) is 13.2 Å². The van der Waals surface area contributed by atoms with Crippen LogP contribution >= 0.6 is 23.4 Å². The van der Waals surface area contributed by atoms with Crippen LogP contribution in [0.2, 0.25) is 0 Å². The van der Waals surface area contributed by atoms with Crippen LogP contribution in [0.15, 0.2) is 0 Å². The molecule has 7 aliphatic rings. The fourth-order valence-corrected chi connectivity index (χ4v) is 18.1. The van der Waals surface area contributed by atoms with E-state index in [1.54, 1.807) is 11.8 Å². The van der Waals surface area contributed by atoms with Crippen LogP contribution in [-0.4, -0.2) is 268 Å². The second-order valence-electron chi connectivity index (χ2n) is 30.9. The molecule has 0 bridgehead atoms. The lowest BCUT2D eigenvalue weighted by Crippen LogP contribution is -2.65. The zero-order chi connectivity index (χ0) is 74.4. The molecule has 0 aromatic rings. The number of hydrogen-bond donors (Lipinski definition) is 3. The van der Waals surface area contributed by atoms with E-state index in [0.29, 0.717) is 58.0 Å². The van der Waals surface area contributed by atoms with E-state index >= 15 is 28.8 Å². The molecule has 3 N–H and O–H groups in total. The summed E-state index contributed by atoms with van der Waals surface area (Å²) in [6.07, 6.45) is 7.36. The van der Waals surface area contributed by atoms with Crippen LogP contribution in [-0.2, 0) is 57.5 Å². The number of nitrogens with one attached hydrogen (secondary N) is 3. The molecule has 101 heavy (non-hydrogen) atoms. The monoisotopic (exact) mass is 1460 g/mol. The predicted octanol–water partition coefficient (Wildman–Crippen LogP) is 6.40. The number of likely N-dealkylation sites (N-methyl/N-ethyl adjacent to an activating group) is 7. The van der Waals surface area contributed by atoms with Gasteiger partial charge in [-0.25, -0.2) is 0 Å². The van der Waals surface area contributed by atoms with Crippen molar-refractivity contribution in [1.29, 1.82) is 0 Å². The molecule has 3 unspecified atom stereocenters. The summed E-state index contributed by atoms with van der Waals surface area (Å²) >= 11 is 7.68. The van der Waals surface area contributed by atoms with Gasteiger partial charge >= 0.3 is 6.18 Å². The fourth-order valence-electron chi connectivity index (χ4n) is 16.4. The molecule has 29 heteroatoms. The lowest BCUT2D eigenvalue weighted by molar-refractivity contribution is -0.182. The first-order valence-corrected chi connectivity index (χ1v) is 38.9. The van der Waals surface area contributed by atoms with Crippen molar-refractivity contribution in [3.8, 4) is 0 Å². The maximum Gasteiger partial charge on any atom is 0.393 e. The number of nitrogens with zero attached hydrogens (tertiary/aromatic N) is 9. The van der Waals surface area contributed by atoms with E-state index in [2.05, 4.69) is 16.0 Å². The minimum absolute atomic E-state index is 0.00100. The standard InChI is InChI=1S/C72H116ClF3N12O12S/c1-12-46(4)61-68(98)82(7)41-59(91)80(5)42-60(92)84(9)54(38-47-24-16-13-17-25-47)66(96)81(6)40-57(89)77-52(31-29-48-28-30-50(51(73)37-48)72(74,75)76)65(95)88-44-101-43-56(88)64(94)79-71(32-20-21-33-71)70(100)86(11)62(49-26-18-14-19-27-49)69(99)85(10)55(67(97)87-34-22-15-23-35-87)39-58(90)83(8)53(36-45(2)3)63(93)78-61/h45-56,61-62H,12-44H2,1-11H3,(H,77,89)(H,78,93)(H,79,94)/t46-,48?,50?,51?,52-,53-,54-,55-,56-,61-,62-/m0/s1. The Hall–Kier alpha value is -5.93. The maximum atomic E-state index is 15.8. The molecule has 0 aromatic carbocycles. The molecule has 4 saturated carbocycles. The number of carbonyl (C=O) groups is 12. The van der Waals surface area contributed by atoms with E-state index in [4.69, 9.17) is 11.6 Å². The third kappa shape index (κ3) is 21.2. The van der Waals surface area contributed by atoms with E-state index in [1.807, 2.05) is 20.8 Å². The van der Waals surface area contributed by atoms with Crippen molar-refractivity contribution in [3.63, 3.8) is 0 Å². The van der Waals surface area contributed by atoms with Gasteiger partial charge in [0.1, 0.15) is 47.8 Å². The highest BCUT2D eigenvalue weighted by Gasteiger charge is 2.52. The summed E-state index contributed by atoms with van der Waals surface area (Å²) in [5.41, 5.74) is -1.56. The van der Waals surface area contributed by atoms with Gasteiger partial charge in [-0.3, -0.25) is 57.5 Å². The number of alkyl halides is 4. The average molecular weight is 1470 g/mol. The third-order valence-electron chi connectivity index (χ3n) is 23.1. The Labute approximate surface area is 605 Å². The predicted molar refractivity (Wildman–Crippen MR) is 378 cm³/mol. The van der Waals surface area contributed by atoms with Crippen LogP contribution in [0.4, 0.5) is 13.2 Å². The highest BCUT2D eigenvalue weighted by Crippen LogP contribution is 2.44. The molecule has 3 aliphatic heterocycles. The summed E-state index contributed by atoms with van der Waals surface area (Å²) in [6, 6.07) is -8.57. The number of hydrogen-bond acceptors (Lipinski definition) is 13. The molecule has 3 saturated heterocycles. The van der Waals surface area contributed by atoms with E-state index in [1.165, 1.54) is 85.6 Å². The number of thioether (sulfide) groups is 1. The lowest BCUT2D eigenvalue weighted by atomic mass is 9.78. The molecule has 7 fully saturated rings. The first-order chi connectivity index (χ1) is 47.7. The van der Waals surface area contributed by atoms with Gasteiger partial charge in [0.25, 0.3) is 0 Å². The van der Waals surface area contributed by atoms with Gasteiger partial charge in [0.2, 0.25) is 70.9 Å².